The minimum absolute atomic E-state index is 0.0904. The molecule has 4 aliphatic rings. The zero-order valence-corrected chi connectivity index (χ0v) is 34.1. The van der Waals surface area contributed by atoms with Crippen LogP contribution in [-0.4, -0.2) is 86.6 Å². The van der Waals surface area contributed by atoms with Gasteiger partial charge in [-0.3, -0.25) is 34.2 Å². The average molecular weight is 806 g/mol. The van der Waals surface area contributed by atoms with Gasteiger partial charge in [0, 0.05) is 48.1 Å². The van der Waals surface area contributed by atoms with Crippen LogP contribution in [0.25, 0.3) is 10.2 Å². The molecule has 13 nitrogen and oxygen atoms in total. The number of hydrogen-bond donors (Lipinski definition) is 4. The Morgan fingerprint density at radius 3 is 2.40 bits per heavy atom. The molecule has 58 heavy (non-hydrogen) atoms. The summed E-state index contributed by atoms with van der Waals surface area (Å²) in [6.45, 7) is 9.21. The Bertz CT molecular complexity index is 2270. The van der Waals surface area contributed by atoms with Crippen molar-refractivity contribution in [2.24, 2.45) is 11.8 Å². The molecule has 304 valence electrons. The lowest BCUT2D eigenvalue weighted by atomic mass is 9.81. The number of imide groups is 2. The van der Waals surface area contributed by atoms with Crippen molar-refractivity contribution in [3.05, 3.63) is 81.6 Å². The van der Waals surface area contributed by atoms with Gasteiger partial charge < -0.3 is 20.6 Å². The van der Waals surface area contributed by atoms with E-state index < -0.39 is 35.3 Å². The first-order chi connectivity index (χ1) is 27.8. The molecule has 0 radical (unpaired) electrons. The highest BCUT2D eigenvalue weighted by molar-refractivity contribution is 7.18. The lowest BCUT2D eigenvalue weighted by Crippen LogP contribution is -2.54. The van der Waals surface area contributed by atoms with Crippen molar-refractivity contribution in [2.75, 3.05) is 36.8 Å². The summed E-state index contributed by atoms with van der Waals surface area (Å²) in [5.41, 5.74) is 3.14. The first-order valence-electron chi connectivity index (χ1n) is 20.6. The molecule has 5 heterocycles. The fourth-order valence-electron chi connectivity index (χ4n) is 9.12. The van der Waals surface area contributed by atoms with Crippen molar-refractivity contribution in [2.45, 2.75) is 96.1 Å². The van der Waals surface area contributed by atoms with E-state index in [1.165, 1.54) is 0 Å². The molecule has 1 atom stereocenters. The molecular weight excluding hydrogens is 755 g/mol. The Labute approximate surface area is 342 Å². The monoisotopic (exact) mass is 805 g/mol. The van der Waals surface area contributed by atoms with Gasteiger partial charge in [-0.05, 0) is 133 Å². The number of thiazole rings is 1. The molecule has 2 aromatic heterocycles. The molecule has 1 unspecified atom stereocenters. The van der Waals surface area contributed by atoms with Crippen molar-refractivity contribution < 1.29 is 29.1 Å². The molecule has 1 saturated carbocycles. The summed E-state index contributed by atoms with van der Waals surface area (Å²) in [4.78, 5) is 76.9. The van der Waals surface area contributed by atoms with E-state index in [0.717, 1.165) is 90.4 Å². The summed E-state index contributed by atoms with van der Waals surface area (Å²) >= 11 is 1.68. The summed E-state index contributed by atoms with van der Waals surface area (Å²) in [5, 5.41) is 20.8. The molecule has 0 spiro atoms. The van der Waals surface area contributed by atoms with Gasteiger partial charge >= 0.3 is 0 Å². The van der Waals surface area contributed by atoms with E-state index in [1.807, 2.05) is 37.3 Å². The Balaban J connectivity index is 0.805. The molecule has 1 aliphatic carbocycles. The van der Waals surface area contributed by atoms with Gasteiger partial charge in [-0.15, -0.1) is 11.3 Å². The van der Waals surface area contributed by atoms with Gasteiger partial charge in [0.2, 0.25) is 11.8 Å². The van der Waals surface area contributed by atoms with E-state index in [4.69, 9.17) is 4.98 Å². The molecule has 3 aliphatic heterocycles. The maximum Gasteiger partial charge on any atom is 0.274 e. The first kappa shape index (κ1) is 39.8. The number of benzene rings is 2. The number of carbonyl (C=O) groups excluding carboxylic acids is 5. The fourth-order valence-corrected chi connectivity index (χ4v) is 10.3. The molecule has 3 fully saturated rings. The number of aryl methyl sites for hydroxylation is 1. The Kier molecular flexibility index (Phi) is 11.2. The second-order valence-electron chi connectivity index (χ2n) is 16.9. The number of likely N-dealkylation sites (tertiary alicyclic amines) is 1. The number of aromatic nitrogens is 2. The lowest BCUT2D eigenvalue weighted by Gasteiger charge is -2.36. The number of amides is 5. The van der Waals surface area contributed by atoms with Crippen molar-refractivity contribution in [1.82, 2.24) is 25.1 Å². The smallest absolute Gasteiger partial charge is 0.274 e. The second-order valence-corrected chi connectivity index (χ2v) is 18.0. The maximum absolute atomic E-state index is 13.4. The van der Waals surface area contributed by atoms with E-state index in [9.17, 15) is 29.1 Å². The number of carbonyl (C=O) groups is 5. The highest BCUT2D eigenvalue weighted by Gasteiger charge is 2.45. The quantitative estimate of drug-likeness (QED) is 0.125. The van der Waals surface area contributed by atoms with E-state index >= 15 is 0 Å². The van der Waals surface area contributed by atoms with Gasteiger partial charge in [0.15, 0.2) is 0 Å². The predicted molar refractivity (Wildman–Crippen MR) is 222 cm³/mol. The van der Waals surface area contributed by atoms with E-state index in [0.29, 0.717) is 52.5 Å². The van der Waals surface area contributed by atoms with Crippen molar-refractivity contribution in [3.63, 3.8) is 0 Å². The molecule has 2 saturated heterocycles. The highest BCUT2D eigenvalue weighted by atomic mass is 32.1. The molecular formula is C44H51N7O6S. The summed E-state index contributed by atoms with van der Waals surface area (Å²) in [6, 6.07) is 13.4. The molecule has 0 bridgehead atoms. The number of anilines is 2. The number of rotatable bonds is 11. The van der Waals surface area contributed by atoms with Crippen LogP contribution in [0.4, 0.5) is 11.4 Å². The Morgan fingerprint density at radius 1 is 0.914 bits per heavy atom. The number of fused-ring (bicyclic) bond motifs is 2. The average Bonchev–Trinajstić information content (AvgIpc) is 3.73. The van der Waals surface area contributed by atoms with Crippen molar-refractivity contribution in [1.29, 1.82) is 0 Å². The standard InChI is InChI=1S/C44H51N7O6S/c1-25-6-4-9-32(46-25)39(53)47-33-23-36-34(22-30(33)44(2,3)57)48-41(58-36)28-12-10-27(11-13-28)24-50-20-17-26(18-21-50)16-19-45-31-8-5-7-29-38(31)43(56)51(42(29)55)35-14-15-37(52)49-40(35)54/h4-9,22-23,26-28,35,45,57H,10-21,24H2,1-3H3,(H,47,53)(H,49,52,54). The minimum Gasteiger partial charge on any atom is -0.386 e. The zero-order chi connectivity index (χ0) is 40.7. The summed E-state index contributed by atoms with van der Waals surface area (Å²) < 4.78 is 0.989. The van der Waals surface area contributed by atoms with Crippen molar-refractivity contribution >= 4 is 62.5 Å². The number of nitrogens with zero attached hydrogens (tertiary/aromatic N) is 4. The zero-order valence-electron chi connectivity index (χ0n) is 33.3. The van der Waals surface area contributed by atoms with Gasteiger partial charge in [-0.1, -0.05) is 12.1 Å². The van der Waals surface area contributed by atoms with E-state index in [-0.39, 0.29) is 24.3 Å². The molecule has 14 heteroatoms. The fraction of sp³-hybridized carbons (Fsp3) is 0.477. The number of piperidine rings is 2. The maximum atomic E-state index is 13.4. The predicted octanol–water partition coefficient (Wildman–Crippen LogP) is 6.37. The third kappa shape index (κ3) is 8.27. The van der Waals surface area contributed by atoms with Crippen LogP contribution in [0.1, 0.15) is 125 Å². The SMILES string of the molecule is Cc1cccc(C(=O)Nc2cc3sc(C4CCC(CN5CCC(CCNc6cccc7c6C(=O)N(C6CCC(=O)NC6=O)C7=O)CC5)CC4)nc3cc2C(C)(C)O)n1. The lowest BCUT2D eigenvalue weighted by molar-refractivity contribution is -0.136. The summed E-state index contributed by atoms with van der Waals surface area (Å²) in [7, 11) is 0. The molecule has 2 aromatic carbocycles. The molecule has 5 amide bonds. The van der Waals surface area contributed by atoms with Gasteiger partial charge in [-0.2, -0.15) is 0 Å². The minimum atomic E-state index is -1.18. The van der Waals surface area contributed by atoms with Crippen LogP contribution < -0.4 is 16.0 Å². The van der Waals surface area contributed by atoms with Gasteiger partial charge in [0.25, 0.3) is 17.7 Å². The normalized spacial score (nSPS) is 22.0. The van der Waals surface area contributed by atoms with Gasteiger partial charge in [0.05, 0.1) is 32.0 Å². The number of pyridine rings is 1. The number of aliphatic hydroxyl groups is 1. The summed E-state index contributed by atoms with van der Waals surface area (Å²) in [6.07, 6.45) is 7.92. The van der Waals surface area contributed by atoms with Gasteiger partial charge in [-0.25, -0.2) is 9.97 Å². The van der Waals surface area contributed by atoms with Crippen LogP contribution in [-0.2, 0) is 15.2 Å². The van der Waals surface area contributed by atoms with Crippen LogP contribution >= 0.6 is 11.3 Å². The molecule has 4 N–H and O–H groups in total. The van der Waals surface area contributed by atoms with Crippen LogP contribution in [0.3, 0.4) is 0 Å². The summed E-state index contributed by atoms with van der Waals surface area (Å²) in [5.74, 6) is -0.682. The number of hydrogen-bond acceptors (Lipinski definition) is 11. The highest BCUT2D eigenvalue weighted by Crippen LogP contribution is 2.42. The first-order valence-corrected chi connectivity index (χ1v) is 21.4. The topological polar surface area (TPSA) is 174 Å². The largest absolute Gasteiger partial charge is 0.386 e. The van der Waals surface area contributed by atoms with E-state index in [2.05, 4.69) is 25.8 Å². The van der Waals surface area contributed by atoms with Crippen LogP contribution in [0.2, 0.25) is 0 Å². The number of nitrogens with one attached hydrogen (secondary N) is 3. The Hall–Kier alpha value is -5.05. The Morgan fingerprint density at radius 2 is 1.67 bits per heavy atom. The van der Waals surface area contributed by atoms with Crippen LogP contribution in [0, 0.1) is 18.8 Å². The molecule has 4 aromatic rings. The third-order valence-electron chi connectivity index (χ3n) is 12.3. The molecule has 8 rings (SSSR count). The van der Waals surface area contributed by atoms with Crippen LogP contribution in [0.15, 0.2) is 48.5 Å². The third-order valence-corrected chi connectivity index (χ3v) is 13.5. The van der Waals surface area contributed by atoms with E-state index in [1.54, 1.807) is 43.4 Å². The van der Waals surface area contributed by atoms with Crippen molar-refractivity contribution in [3.8, 4) is 0 Å². The van der Waals surface area contributed by atoms with Crippen LogP contribution in [0.5, 0.6) is 0 Å². The second kappa shape index (κ2) is 16.3. The van der Waals surface area contributed by atoms with Gasteiger partial charge in [0.1, 0.15) is 11.7 Å².